The molecule has 0 aliphatic carbocycles. The molecular weight excluding hydrogens is 470 g/mol. The summed E-state index contributed by atoms with van der Waals surface area (Å²) in [6.45, 7) is 0.644. The standard InChI is InChI=1S/C20H17N5O4S3/c26-19-13(6-7-14(21-19)16-4-2-12-30-16)20(27)24-8-10-25(11-9-24)32(28,29)17-5-1-3-15-18(17)23-31-22-15/h1-7,12H,8-11H2,(H,21,26). The highest BCUT2D eigenvalue weighted by atomic mass is 32.2. The van der Waals surface area contributed by atoms with E-state index < -0.39 is 21.5 Å². The third-order valence-corrected chi connectivity index (χ3v) is 8.70. The van der Waals surface area contributed by atoms with Crippen LogP contribution in [0.3, 0.4) is 0 Å². The van der Waals surface area contributed by atoms with Crippen LogP contribution in [0.1, 0.15) is 10.4 Å². The van der Waals surface area contributed by atoms with Gasteiger partial charge in [-0.2, -0.15) is 13.0 Å². The summed E-state index contributed by atoms with van der Waals surface area (Å²) in [5.41, 5.74) is 1.13. The molecule has 0 atom stereocenters. The predicted octanol–water partition coefficient (Wildman–Crippen LogP) is 2.98. The van der Waals surface area contributed by atoms with Crippen LogP contribution in [0.15, 0.2) is 66.3 Å². The van der Waals surface area contributed by atoms with E-state index in [2.05, 4.69) is 13.7 Å². The molecule has 1 fully saturated rings. The number of aromatic amines is 1. The average Bonchev–Trinajstić information content (AvgIpc) is 3.50. The third-order valence-electron chi connectivity index (χ3n) is 5.32. The lowest BCUT2D eigenvalue weighted by molar-refractivity contribution is 0.0696. The minimum Gasteiger partial charge on any atom is -0.336 e. The Bertz CT molecular complexity index is 1430. The molecule has 4 heterocycles. The predicted molar refractivity (Wildman–Crippen MR) is 123 cm³/mol. The smallest absolute Gasteiger partial charge is 0.261 e. The molecule has 0 bridgehead atoms. The number of hydrogen-bond acceptors (Lipinski definition) is 7. The molecule has 3 aromatic rings. The zero-order valence-corrected chi connectivity index (χ0v) is 19.0. The lowest BCUT2D eigenvalue weighted by atomic mass is 10.2. The summed E-state index contributed by atoms with van der Waals surface area (Å²) in [5, 5.41) is 1.91. The number of H-pyrrole nitrogens is 1. The van der Waals surface area contributed by atoms with Crippen LogP contribution in [0.25, 0.3) is 10.6 Å². The molecule has 0 saturated carbocycles. The fourth-order valence-corrected chi connectivity index (χ4v) is 6.53. The molecule has 9 nitrogen and oxygen atoms in total. The van der Waals surface area contributed by atoms with Gasteiger partial charge >= 0.3 is 0 Å². The summed E-state index contributed by atoms with van der Waals surface area (Å²) in [6.07, 6.45) is 0. The molecule has 5 rings (SSSR count). The number of nitrogens with zero attached hydrogens (tertiary/aromatic N) is 4. The van der Waals surface area contributed by atoms with E-state index in [0.717, 1.165) is 16.2 Å². The minimum atomic E-state index is -3.78. The molecule has 2 aliphatic heterocycles. The Labute approximate surface area is 191 Å². The SMILES string of the molecule is O=C(c1ccc(-c2cccs2)[nH]c1=O)N1CCN(S(=O)(=O)c2cccc3c2N=S=N3)CC1. The number of benzene rings is 1. The van der Waals surface area contributed by atoms with Crippen molar-refractivity contribution < 1.29 is 13.2 Å². The highest BCUT2D eigenvalue weighted by Crippen LogP contribution is 2.38. The maximum Gasteiger partial charge on any atom is 0.261 e. The molecule has 1 N–H and O–H groups in total. The van der Waals surface area contributed by atoms with Gasteiger partial charge in [0.25, 0.3) is 11.5 Å². The van der Waals surface area contributed by atoms with Gasteiger partial charge in [0.15, 0.2) is 0 Å². The van der Waals surface area contributed by atoms with Crippen LogP contribution in [0.2, 0.25) is 0 Å². The first-order valence-electron chi connectivity index (χ1n) is 9.73. The van der Waals surface area contributed by atoms with E-state index in [4.69, 9.17) is 0 Å². The number of fused-ring (bicyclic) bond motifs is 1. The quantitative estimate of drug-likeness (QED) is 0.476. The van der Waals surface area contributed by atoms with Crippen LogP contribution >= 0.6 is 11.3 Å². The number of hydrogen-bond donors (Lipinski definition) is 1. The van der Waals surface area contributed by atoms with Crippen molar-refractivity contribution in [2.24, 2.45) is 8.73 Å². The lowest BCUT2D eigenvalue weighted by Gasteiger charge is -2.34. The molecule has 32 heavy (non-hydrogen) atoms. The number of thiophene rings is 1. The number of piperazine rings is 1. The zero-order valence-electron chi connectivity index (χ0n) is 16.6. The van der Waals surface area contributed by atoms with Crippen LogP contribution in [0.5, 0.6) is 0 Å². The molecule has 1 amide bonds. The molecule has 1 saturated heterocycles. The molecule has 0 unspecified atom stereocenters. The van der Waals surface area contributed by atoms with Gasteiger partial charge in [-0.1, -0.05) is 12.1 Å². The van der Waals surface area contributed by atoms with E-state index in [1.165, 1.54) is 32.7 Å². The number of sulfonamides is 1. The Kier molecular flexibility index (Phi) is 5.37. The molecular formula is C20H17N5O4S3. The van der Waals surface area contributed by atoms with Crippen LogP contribution in [-0.2, 0) is 21.4 Å². The zero-order chi connectivity index (χ0) is 22.3. The van der Waals surface area contributed by atoms with Crippen LogP contribution in [-0.4, -0.2) is 54.7 Å². The monoisotopic (exact) mass is 487 g/mol. The molecule has 1 aromatic carbocycles. The van der Waals surface area contributed by atoms with E-state index >= 15 is 0 Å². The summed E-state index contributed by atoms with van der Waals surface area (Å²) in [6, 6.07) is 11.9. The molecule has 0 radical (unpaired) electrons. The van der Waals surface area contributed by atoms with Gasteiger partial charge in [-0.3, -0.25) is 9.59 Å². The first-order valence-corrected chi connectivity index (χ1v) is 12.8. The van der Waals surface area contributed by atoms with Gasteiger partial charge in [-0.15, -0.1) is 11.3 Å². The Hall–Kier alpha value is -2.93. The summed E-state index contributed by atoms with van der Waals surface area (Å²) in [4.78, 5) is 30.7. The van der Waals surface area contributed by atoms with E-state index in [1.807, 2.05) is 17.5 Å². The molecule has 2 aromatic heterocycles. The van der Waals surface area contributed by atoms with Crippen molar-refractivity contribution in [2.75, 3.05) is 26.2 Å². The second kappa shape index (κ2) is 8.20. The van der Waals surface area contributed by atoms with Crippen LogP contribution in [0, 0.1) is 0 Å². The third kappa shape index (κ3) is 3.64. The summed E-state index contributed by atoms with van der Waals surface area (Å²) >= 11 is 2.46. The van der Waals surface area contributed by atoms with Crippen molar-refractivity contribution in [1.82, 2.24) is 14.2 Å². The van der Waals surface area contributed by atoms with Gasteiger partial charge in [-0.25, -0.2) is 8.42 Å². The van der Waals surface area contributed by atoms with Gasteiger partial charge < -0.3 is 9.88 Å². The molecule has 164 valence electrons. The van der Waals surface area contributed by atoms with E-state index in [9.17, 15) is 18.0 Å². The fraction of sp³-hybridized carbons (Fsp3) is 0.200. The van der Waals surface area contributed by atoms with Gasteiger partial charge in [0.2, 0.25) is 10.0 Å². The van der Waals surface area contributed by atoms with Crippen LogP contribution < -0.4 is 5.56 Å². The molecule has 0 spiro atoms. The highest BCUT2D eigenvalue weighted by molar-refractivity contribution is 7.89. The largest absolute Gasteiger partial charge is 0.336 e. The van der Waals surface area contributed by atoms with Gasteiger partial charge in [-0.05, 0) is 35.7 Å². The Morgan fingerprint density at radius 2 is 1.81 bits per heavy atom. The number of rotatable bonds is 4. The Balaban J connectivity index is 1.31. The topological polar surface area (TPSA) is 115 Å². The van der Waals surface area contributed by atoms with Gasteiger partial charge in [0.05, 0.1) is 21.9 Å². The summed E-state index contributed by atoms with van der Waals surface area (Å²) in [5.74, 6) is -0.410. The van der Waals surface area contributed by atoms with Crippen molar-refractivity contribution in [3.63, 3.8) is 0 Å². The average molecular weight is 488 g/mol. The van der Waals surface area contributed by atoms with E-state index in [1.54, 1.807) is 18.2 Å². The second-order valence-corrected chi connectivity index (χ2v) is 10.6. The lowest BCUT2D eigenvalue weighted by Crippen LogP contribution is -2.51. The number of carbonyl (C=O) groups excluding carboxylic acids is 1. The van der Waals surface area contributed by atoms with Crippen LogP contribution in [0.4, 0.5) is 11.4 Å². The number of carbonyl (C=O) groups is 1. The van der Waals surface area contributed by atoms with Crippen molar-refractivity contribution in [3.05, 3.63) is 63.8 Å². The van der Waals surface area contributed by atoms with Gasteiger partial charge in [0.1, 0.15) is 21.8 Å². The van der Waals surface area contributed by atoms with Crippen molar-refractivity contribution in [1.29, 1.82) is 0 Å². The fourth-order valence-electron chi connectivity index (χ4n) is 3.65. The molecule has 2 aliphatic rings. The van der Waals surface area contributed by atoms with Crippen molar-refractivity contribution >= 4 is 50.0 Å². The number of nitrogens with one attached hydrogen (secondary N) is 1. The maximum atomic E-state index is 13.2. The number of pyridine rings is 1. The first-order chi connectivity index (χ1) is 15.4. The number of amides is 1. The second-order valence-electron chi connectivity index (χ2n) is 7.18. The maximum absolute atomic E-state index is 13.2. The summed E-state index contributed by atoms with van der Waals surface area (Å²) < 4.78 is 35.9. The first kappa shape index (κ1) is 20.9. The normalized spacial score (nSPS) is 16.1. The van der Waals surface area contributed by atoms with Crippen molar-refractivity contribution in [2.45, 2.75) is 4.90 Å². The van der Waals surface area contributed by atoms with Gasteiger partial charge in [0, 0.05) is 26.2 Å². The number of aromatic nitrogens is 1. The minimum absolute atomic E-state index is 0.0416. The Morgan fingerprint density at radius 3 is 2.53 bits per heavy atom. The molecule has 12 heteroatoms. The highest BCUT2D eigenvalue weighted by Gasteiger charge is 2.33. The van der Waals surface area contributed by atoms with Crippen molar-refractivity contribution in [3.8, 4) is 10.6 Å². The van der Waals surface area contributed by atoms with E-state index in [0.29, 0.717) is 17.1 Å². The van der Waals surface area contributed by atoms with E-state index in [-0.39, 0.29) is 36.6 Å². The Morgan fingerprint density at radius 1 is 1.00 bits per heavy atom. The summed E-state index contributed by atoms with van der Waals surface area (Å²) in [7, 11) is -3.78.